The van der Waals surface area contributed by atoms with Gasteiger partial charge in [0.1, 0.15) is 6.54 Å². The third-order valence-electron chi connectivity index (χ3n) is 3.68. The highest BCUT2D eigenvalue weighted by Gasteiger charge is 2.24. The lowest BCUT2D eigenvalue weighted by molar-refractivity contribution is -0.148. The van der Waals surface area contributed by atoms with E-state index in [0.717, 1.165) is 25.7 Å². The Balaban J connectivity index is 4.72. The Hall–Kier alpha value is -1.10. The summed E-state index contributed by atoms with van der Waals surface area (Å²) in [4.78, 5) is 25.4. The van der Waals surface area contributed by atoms with E-state index in [1.165, 1.54) is 7.11 Å². The van der Waals surface area contributed by atoms with Crippen molar-refractivity contribution in [1.29, 1.82) is 0 Å². The van der Waals surface area contributed by atoms with Gasteiger partial charge in [-0.2, -0.15) is 0 Å². The van der Waals surface area contributed by atoms with Gasteiger partial charge in [0.05, 0.1) is 13.2 Å². The van der Waals surface area contributed by atoms with Gasteiger partial charge in [0.25, 0.3) is 0 Å². The first-order chi connectivity index (χ1) is 9.49. The van der Waals surface area contributed by atoms with Crippen molar-refractivity contribution in [2.24, 2.45) is 11.7 Å². The third-order valence-corrected chi connectivity index (χ3v) is 3.68. The first-order valence-corrected chi connectivity index (χ1v) is 7.61. The number of nitrogens with zero attached hydrogens (tertiary/aromatic N) is 1. The largest absolute Gasteiger partial charge is 0.468 e. The quantitative estimate of drug-likeness (QED) is 0.623. The van der Waals surface area contributed by atoms with Gasteiger partial charge >= 0.3 is 5.97 Å². The maximum Gasteiger partial charge on any atom is 0.325 e. The van der Waals surface area contributed by atoms with E-state index < -0.39 is 12.0 Å². The minimum atomic E-state index is -0.519. The van der Waals surface area contributed by atoms with E-state index in [9.17, 15) is 9.59 Å². The van der Waals surface area contributed by atoms with E-state index in [4.69, 9.17) is 5.73 Å². The van der Waals surface area contributed by atoms with E-state index in [-0.39, 0.29) is 12.5 Å². The summed E-state index contributed by atoms with van der Waals surface area (Å²) >= 11 is 0. The molecule has 0 aromatic rings. The molecule has 1 amide bonds. The van der Waals surface area contributed by atoms with Crippen molar-refractivity contribution in [1.82, 2.24) is 4.90 Å². The van der Waals surface area contributed by atoms with Crippen molar-refractivity contribution in [3.8, 4) is 0 Å². The lowest BCUT2D eigenvalue weighted by Crippen LogP contribution is -2.47. The van der Waals surface area contributed by atoms with Crippen LogP contribution in [0.1, 0.15) is 52.9 Å². The van der Waals surface area contributed by atoms with Gasteiger partial charge in [-0.15, -0.1) is 0 Å². The maximum atomic E-state index is 12.4. The Kier molecular flexibility index (Phi) is 10.1. The summed E-state index contributed by atoms with van der Waals surface area (Å²) < 4.78 is 4.67. The highest BCUT2D eigenvalue weighted by atomic mass is 16.5. The number of amides is 1. The predicted octanol–water partition coefficient (Wildman–Crippen LogP) is 1.94. The van der Waals surface area contributed by atoms with Crippen LogP contribution >= 0.6 is 0 Å². The number of unbranched alkanes of at least 4 members (excludes halogenated alkanes) is 1. The molecule has 0 radical (unpaired) electrons. The van der Waals surface area contributed by atoms with Crippen LogP contribution in [0.15, 0.2) is 0 Å². The molecule has 1 atom stereocenters. The molecule has 20 heavy (non-hydrogen) atoms. The molecule has 0 fully saturated rings. The minimum Gasteiger partial charge on any atom is -0.468 e. The molecular formula is C15H30N2O3. The molecule has 0 aliphatic rings. The number of methoxy groups -OCH3 is 1. The number of esters is 1. The zero-order valence-corrected chi connectivity index (χ0v) is 13.4. The standard InChI is InChI=1S/C15H30N2O3/c1-5-8-9-13(16)15(19)17(11-14(18)20-4)10-12(6-2)7-3/h12-13H,5-11,16H2,1-4H3/t13-/m0/s1. The molecule has 5 heteroatoms. The van der Waals surface area contributed by atoms with E-state index in [0.29, 0.717) is 18.9 Å². The number of hydrogen-bond acceptors (Lipinski definition) is 4. The predicted molar refractivity (Wildman–Crippen MR) is 80.2 cm³/mol. The first kappa shape index (κ1) is 18.9. The van der Waals surface area contributed by atoms with Gasteiger partial charge < -0.3 is 15.4 Å². The molecule has 0 saturated heterocycles. The third kappa shape index (κ3) is 6.89. The number of nitrogens with two attached hydrogens (primary N) is 1. The van der Waals surface area contributed by atoms with E-state index in [1.807, 2.05) is 0 Å². The topological polar surface area (TPSA) is 72.6 Å². The van der Waals surface area contributed by atoms with Crippen LogP contribution in [0.3, 0.4) is 0 Å². The van der Waals surface area contributed by atoms with Crippen molar-refractivity contribution in [2.75, 3.05) is 20.2 Å². The Morgan fingerprint density at radius 1 is 1.20 bits per heavy atom. The summed E-state index contributed by atoms with van der Waals surface area (Å²) in [6, 6.07) is -0.519. The van der Waals surface area contributed by atoms with Gasteiger partial charge in [-0.1, -0.05) is 46.5 Å². The normalized spacial score (nSPS) is 12.3. The molecular weight excluding hydrogens is 256 g/mol. The fourth-order valence-corrected chi connectivity index (χ4v) is 2.09. The highest BCUT2D eigenvalue weighted by Crippen LogP contribution is 2.12. The molecule has 5 nitrogen and oxygen atoms in total. The van der Waals surface area contributed by atoms with E-state index in [1.54, 1.807) is 4.90 Å². The molecule has 0 rings (SSSR count). The molecule has 0 heterocycles. The Morgan fingerprint density at radius 3 is 2.25 bits per heavy atom. The van der Waals surface area contributed by atoms with Crippen molar-refractivity contribution < 1.29 is 14.3 Å². The van der Waals surface area contributed by atoms with Gasteiger partial charge in [0.2, 0.25) is 5.91 Å². The van der Waals surface area contributed by atoms with Crippen LogP contribution in [-0.2, 0) is 14.3 Å². The highest BCUT2D eigenvalue weighted by molar-refractivity contribution is 5.85. The number of carbonyl (C=O) groups excluding carboxylic acids is 2. The molecule has 0 saturated carbocycles. The second-order valence-electron chi connectivity index (χ2n) is 5.23. The first-order valence-electron chi connectivity index (χ1n) is 7.61. The van der Waals surface area contributed by atoms with Crippen LogP contribution in [0.25, 0.3) is 0 Å². The molecule has 0 unspecified atom stereocenters. The minimum absolute atomic E-state index is 0.00828. The summed E-state index contributed by atoms with van der Waals surface area (Å²) in [5, 5.41) is 0. The van der Waals surface area contributed by atoms with Crippen molar-refractivity contribution in [3.05, 3.63) is 0 Å². The number of carbonyl (C=O) groups is 2. The summed E-state index contributed by atoms with van der Waals surface area (Å²) in [7, 11) is 1.33. The van der Waals surface area contributed by atoms with E-state index >= 15 is 0 Å². The summed E-state index contributed by atoms with van der Waals surface area (Å²) in [5.74, 6) is -0.148. The van der Waals surface area contributed by atoms with Crippen LogP contribution in [0.2, 0.25) is 0 Å². The van der Waals surface area contributed by atoms with Crippen LogP contribution < -0.4 is 5.73 Å². The van der Waals surface area contributed by atoms with Crippen molar-refractivity contribution >= 4 is 11.9 Å². The molecule has 0 aliphatic carbocycles. The van der Waals surface area contributed by atoms with E-state index in [2.05, 4.69) is 25.5 Å². The summed E-state index contributed by atoms with van der Waals surface area (Å²) in [6.07, 6.45) is 4.54. The average Bonchev–Trinajstić information content (AvgIpc) is 2.47. The number of hydrogen-bond donors (Lipinski definition) is 1. The van der Waals surface area contributed by atoms with Gasteiger partial charge in [-0.25, -0.2) is 0 Å². The average molecular weight is 286 g/mol. The monoisotopic (exact) mass is 286 g/mol. The smallest absolute Gasteiger partial charge is 0.325 e. The number of rotatable bonds is 10. The Labute approximate surface area is 122 Å². The zero-order valence-electron chi connectivity index (χ0n) is 13.4. The SMILES string of the molecule is CCCC[C@H](N)C(=O)N(CC(=O)OC)CC(CC)CC. The van der Waals surface area contributed by atoms with Crippen molar-refractivity contribution in [2.45, 2.75) is 58.9 Å². The van der Waals surface area contributed by atoms with Gasteiger partial charge in [0.15, 0.2) is 0 Å². The molecule has 118 valence electrons. The summed E-state index contributed by atoms with van der Waals surface area (Å²) in [6.45, 7) is 6.80. The van der Waals surface area contributed by atoms with Gasteiger partial charge in [-0.3, -0.25) is 9.59 Å². The Bertz CT molecular complexity index is 291. The fraction of sp³-hybridized carbons (Fsp3) is 0.867. The lowest BCUT2D eigenvalue weighted by atomic mass is 10.0. The molecule has 0 aliphatic heterocycles. The molecule has 0 aromatic carbocycles. The Morgan fingerprint density at radius 2 is 1.80 bits per heavy atom. The number of ether oxygens (including phenoxy) is 1. The molecule has 0 bridgehead atoms. The molecule has 0 aromatic heterocycles. The summed E-state index contributed by atoms with van der Waals surface area (Å²) in [5.41, 5.74) is 5.94. The van der Waals surface area contributed by atoms with Crippen molar-refractivity contribution in [3.63, 3.8) is 0 Å². The maximum absolute atomic E-state index is 12.4. The van der Waals surface area contributed by atoms with Crippen LogP contribution in [0.4, 0.5) is 0 Å². The zero-order chi connectivity index (χ0) is 15.5. The lowest BCUT2D eigenvalue weighted by Gasteiger charge is -2.28. The second kappa shape index (κ2) is 10.7. The van der Waals surface area contributed by atoms with Crippen LogP contribution in [0, 0.1) is 5.92 Å². The molecule has 2 N–H and O–H groups in total. The fourth-order valence-electron chi connectivity index (χ4n) is 2.09. The van der Waals surface area contributed by atoms with Gasteiger partial charge in [-0.05, 0) is 12.3 Å². The van der Waals surface area contributed by atoms with Gasteiger partial charge in [0, 0.05) is 6.54 Å². The van der Waals surface area contributed by atoms with Crippen LogP contribution in [0.5, 0.6) is 0 Å². The second-order valence-corrected chi connectivity index (χ2v) is 5.23. The van der Waals surface area contributed by atoms with Crippen LogP contribution in [-0.4, -0.2) is 43.0 Å². The molecule has 0 spiro atoms.